The Morgan fingerprint density at radius 2 is 2.00 bits per heavy atom. The Hall–Kier alpha value is -2.16. The van der Waals surface area contributed by atoms with Crippen LogP contribution in [0.2, 0.25) is 0 Å². The summed E-state index contributed by atoms with van der Waals surface area (Å²) in [6, 6.07) is 12.2. The fourth-order valence-corrected chi connectivity index (χ4v) is 3.98. The summed E-state index contributed by atoms with van der Waals surface area (Å²) in [6.45, 7) is 4.13. The number of anilines is 2. The first-order valence-electron chi connectivity index (χ1n) is 8.38. The highest BCUT2D eigenvalue weighted by Gasteiger charge is 2.12. The Bertz CT molecular complexity index is 904. The first-order valence-corrected chi connectivity index (χ1v) is 10.2. The van der Waals surface area contributed by atoms with E-state index in [1.54, 1.807) is 12.1 Å². The molecule has 3 aromatic rings. The van der Waals surface area contributed by atoms with Crippen LogP contribution < -0.4 is 10.1 Å². The molecule has 2 aromatic carbocycles. The van der Waals surface area contributed by atoms with E-state index in [0.29, 0.717) is 10.9 Å². The maximum absolute atomic E-state index is 13.5. The molecule has 0 bridgehead atoms. The number of aromatic nitrogens is 2. The van der Waals surface area contributed by atoms with Crippen LogP contribution in [0.3, 0.4) is 0 Å². The van der Waals surface area contributed by atoms with Gasteiger partial charge in [0.05, 0.1) is 6.10 Å². The second-order valence-electron chi connectivity index (χ2n) is 5.95. The van der Waals surface area contributed by atoms with Crippen LogP contribution in [0.5, 0.6) is 5.75 Å². The highest BCUT2D eigenvalue weighted by Crippen LogP contribution is 2.29. The van der Waals surface area contributed by atoms with Crippen LogP contribution in [0, 0.1) is 19.7 Å². The van der Waals surface area contributed by atoms with E-state index in [1.165, 1.54) is 46.4 Å². The van der Waals surface area contributed by atoms with Crippen molar-refractivity contribution < 1.29 is 14.2 Å². The van der Waals surface area contributed by atoms with Gasteiger partial charge in [-0.2, -0.15) is 0 Å². The van der Waals surface area contributed by atoms with Crippen LogP contribution in [0.4, 0.5) is 15.2 Å². The first-order chi connectivity index (χ1) is 13.0. The summed E-state index contributed by atoms with van der Waals surface area (Å²) in [5.74, 6) is 0.0770. The van der Waals surface area contributed by atoms with E-state index in [4.69, 9.17) is 4.74 Å². The second kappa shape index (κ2) is 9.16. The van der Waals surface area contributed by atoms with Crippen LogP contribution in [-0.2, 0) is 0 Å². The zero-order chi connectivity index (χ0) is 19.2. The predicted octanol–water partition coefficient (Wildman–Crippen LogP) is 4.57. The van der Waals surface area contributed by atoms with Gasteiger partial charge in [0.15, 0.2) is 15.9 Å². The van der Waals surface area contributed by atoms with E-state index >= 15 is 0 Å². The minimum absolute atomic E-state index is 0.0142. The van der Waals surface area contributed by atoms with Crippen molar-refractivity contribution >= 4 is 33.9 Å². The quantitative estimate of drug-likeness (QED) is 0.535. The molecule has 8 heteroatoms. The average Bonchev–Trinajstić information content (AvgIpc) is 3.10. The molecule has 0 saturated carbocycles. The van der Waals surface area contributed by atoms with E-state index in [2.05, 4.69) is 35.4 Å². The Morgan fingerprint density at radius 3 is 2.81 bits per heavy atom. The Labute approximate surface area is 165 Å². The molecule has 0 saturated heterocycles. The number of thioether (sulfide) groups is 1. The number of benzene rings is 2. The fraction of sp³-hybridized carbons (Fsp3) is 0.263. The van der Waals surface area contributed by atoms with Gasteiger partial charge < -0.3 is 15.2 Å². The zero-order valence-electron chi connectivity index (χ0n) is 15.0. The summed E-state index contributed by atoms with van der Waals surface area (Å²) in [6.07, 6.45) is -0.742. The molecule has 5 nitrogen and oxygen atoms in total. The van der Waals surface area contributed by atoms with Crippen molar-refractivity contribution in [3.05, 3.63) is 59.4 Å². The van der Waals surface area contributed by atoms with Crippen molar-refractivity contribution in [3.8, 4) is 5.75 Å². The molecule has 0 aliphatic rings. The molecular formula is C19H20FN3O2S2. The average molecular weight is 406 g/mol. The summed E-state index contributed by atoms with van der Waals surface area (Å²) in [5, 5.41) is 22.3. The lowest BCUT2D eigenvalue weighted by Gasteiger charge is -2.11. The lowest BCUT2D eigenvalue weighted by atomic mass is 10.1. The molecule has 27 heavy (non-hydrogen) atoms. The van der Waals surface area contributed by atoms with Gasteiger partial charge in [0, 0.05) is 11.4 Å². The van der Waals surface area contributed by atoms with E-state index in [9.17, 15) is 9.50 Å². The summed E-state index contributed by atoms with van der Waals surface area (Å²) in [7, 11) is 0. The van der Waals surface area contributed by atoms with Crippen LogP contribution in [-0.4, -0.2) is 33.8 Å². The number of ether oxygens (including phenoxy) is 1. The van der Waals surface area contributed by atoms with Gasteiger partial charge in [-0.25, -0.2) is 4.39 Å². The molecule has 0 aliphatic carbocycles. The fourth-order valence-electron chi connectivity index (χ4n) is 2.28. The number of aryl methyl sites for hydroxylation is 1. The number of halogens is 1. The molecule has 2 N–H and O–H groups in total. The number of hydrogen-bond donors (Lipinski definition) is 2. The standard InChI is InChI=1S/C19H20FN3O2S2/c1-12-6-5-8-16(13(12)2)21-18-22-23-19(27-18)26-11-14(24)10-25-17-9-4-3-7-15(17)20/h3-9,14,24H,10-11H2,1-2H3,(H,21,22)/t14-/m0/s1. The lowest BCUT2D eigenvalue weighted by molar-refractivity contribution is 0.123. The molecule has 0 amide bonds. The third kappa shape index (κ3) is 5.41. The molecule has 1 atom stereocenters. The van der Waals surface area contributed by atoms with E-state index < -0.39 is 11.9 Å². The molecule has 0 aliphatic heterocycles. The highest BCUT2D eigenvalue weighted by atomic mass is 32.2. The Kier molecular flexibility index (Phi) is 6.65. The molecule has 1 aromatic heterocycles. The molecule has 0 fully saturated rings. The minimum atomic E-state index is -0.742. The Morgan fingerprint density at radius 1 is 1.19 bits per heavy atom. The van der Waals surface area contributed by atoms with Crippen LogP contribution in [0.25, 0.3) is 0 Å². The minimum Gasteiger partial charge on any atom is -0.488 e. The third-order valence-electron chi connectivity index (χ3n) is 3.92. The van der Waals surface area contributed by atoms with E-state index in [-0.39, 0.29) is 12.4 Å². The van der Waals surface area contributed by atoms with Gasteiger partial charge in [-0.1, -0.05) is 47.4 Å². The van der Waals surface area contributed by atoms with Crippen molar-refractivity contribution in [1.29, 1.82) is 0 Å². The van der Waals surface area contributed by atoms with Crippen molar-refractivity contribution in [2.45, 2.75) is 24.3 Å². The molecule has 0 radical (unpaired) electrons. The van der Waals surface area contributed by atoms with Gasteiger partial charge in [-0.05, 0) is 43.2 Å². The van der Waals surface area contributed by atoms with Gasteiger partial charge in [-0.3, -0.25) is 0 Å². The van der Waals surface area contributed by atoms with Crippen molar-refractivity contribution in [3.63, 3.8) is 0 Å². The van der Waals surface area contributed by atoms with Crippen LogP contribution >= 0.6 is 23.1 Å². The number of nitrogens with zero attached hydrogens (tertiary/aromatic N) is 2. The maximum atomic E-state index is 13.5. The number of hydrogen-bond acceptors (Lipinski definition) is 7. The molecule has 3 rings (SSSR count). The largest absolute Gasteiger partial charge is 0.488 e. The van der Waals surface area contributed by atoms with E-state index in [1.807, 2.05) is 12.1 Å². The zero-order valence-corrected chi connectivity index (χ0v) is 16.6. The predicted molar refractivity (Wildman–Crippen MR) is 108 cm³/mol. The maximum Gasteiger partial charge on any atom is 0.210 e. The summed E-state index contributed by atoms with van der Waals surface area (Å²) >= 11 is 2.81. The summed E-state index contributed by atoms with van der Waals surface area (Å²) in [4.78, 5) is 0. The topological polar surface area (TPSA) is 67.3 Å². The number of nitrogens with one attached hydrogen (secondary N) is 1. The van der Waals surface area contributed by atoms with Gasteiger partial charge in [-0.15, -0.1) is 10.2 Å². The Balaban J connectivity index is 1.49. The molecule has 0 spiro atoms. The van der Waals surface area contributed by atoms with Gasteiger partial charge in [0.1, 0.15) is 6.61 Å². The molecule has 142 valence electrons. The normalized spacial score (nSPS) is 12.0. The first kappa shape index (κ1) is 19.6. The van der Waals surface area contributed by atoms with Crippen LogP contribution in [0.1, 0.15) is 11.1 Å². The molecule has 0 unspecified atom stereocenters. The van der Waals surface area contributed by atoms with Crippen molar-refractivity contribution in [2.24, 2.45) is 0 Å². The van der Waals surface area contributed by atoms with Gasteiger partial charge in [0.2, 0.25) is 5.13 Å². The highest BCUT2D eigenvalue weighted by molar-refractivity contribution is 8.01. The third-order valence-corrected chi connectivity index (χ3v) is 6.04. The van der Waals surface area contributed by atoms with Gasteiger partial charge in [0.25, 0.3) is 0 Å². The number of para-hydroxylation sites is 1. The van der Waals surface area contributed by atoms with Gasteiger partial charge >= 0.3 is 0 Å². The second-order valence-corrected chi connectivity index (χ2v) is 8.20. The summed E-state index contributed by atoms with van der Waals surface area (Å²) in [5.41, 5.74) is 3.38. The van der Waals surface area contributed by atoms with E-state index in [0.717, 1.165) is 10.0 Å². The smallest absolute Gasteiger partial charge is 0.210 e. The molecule has 1 heterocycles. The number of aliphatic hydroxyl groups excluding tert-OH is 1. The monoisotopic (exact) mass is 405 g/mol. The number of aliphatic hydroxyl groups is 1. The van der Waals surface area contributed by atoms with Crippen LogP contribution in [0.15, 0.2) is 46.8 Å². The lowest BCUT2D eigenvalue weighted by Crippen LogP contribution is -2.20. The summed E-state index contributed by atoms with van der Waals surface area (Å²) < 4.78 is 19.5. The van der Waals surface area contributed by atoms with Crippen molar-refractivity contribution in [2.75, 3.05) is 17.7 Å². The molecular weight excluding hydrogens is 385 g/mol. The SMILES string of the molecule is Cc1cccc(Nc2nnc(SC[C@@H](O)COc3ccccc3F)s2)c1C. The van der Waals surface area contributed by atoms with Crippen molar-refractivity contribution in [1.82, 2.24) is 10.2 Å². The number of rotatable bonds is 8.